The van der Waals surface area contributed by atoms with Crippen molar-refractivity contribution in [1.29, 1.82) is 0 Å². The van der Waals surface area contributed by atoms with Crippen molar-refractivity contribution in [1.82, 2.24) is 9.80 Å². The number of fused-ring (bicyclic) bond motifs is 1. The molecule has 3 heteroatoms. The average molecular weight is 391 g/mol. The molecule has 1 saturated heterocycles. The van der Waals surface area contributed by atoms with Gasteiger partial charge in [-0.2, -0.15) is 0 Å². The Bertz CT molecular complexity index is 858. The van der Waals surface area contributed by atoms with Gasteiger partial charge in [-0.3, -0.25) is 4.79 Å². The largest absolute Gasteiger partial charge is 0.342 e. The maximum Gasteiger partial charge on any atom is 0.219 e. The first kappa shape index (κ1) is 20.2. The molecule has 2 aliphatic heterocycles. The SMILES string of the molecule is CC(=O)N1CCc2ccc(-c3ccc(CCN4CCCC4C)cc3)cc2[C@@H](C)C1. The molecule has 0 saturated carbocycles. The Labute approximate surface area is 175 Å². The number of rotatable bonds is 4. The molecule has 154 valence electrons. The van der Waals surface area contributed by atoms with Crippen LogP contribution in [0.5, 0.6) is 0 Å². The summed E-state index contributed by atoms with van der Waals surface area (Å²) in [6, 6.07) is 16.7. The molecule has 3 nitrogen and oxygen atoms in total. The lowest BCUT2D eigenvalue weighted by molar-refractivity contribution is -0.128. The third-order valence-electron chi connectivity index (χ3n) is 6.93. The van der Waals surface area contributed by atoms with Gasteiger partial charge in [-0.1, -0.05) is 49.4 Å². The van der Waals surface area contributed by atoms with E-state index in [4.69, 9.17) is 0 Å². The highest BCUT2D eigenvalue weighted by Gasteiger charge is 2.22. The fraction of sp³-hybridized carbons (Fsp3) is 0.500. The summed E-state index contributed by atoms with van der Waals surface area (Å²) in [5, 5.41) is 0. The van der Waals surface area contributed by atoms with E-state index in [2.05, 4.69) is 61.2 Å². The van der Waals surface area contributed by atoms with Crippen LogP contribution in [-0.4, -0.2) is 47.9 Å². The zero-order valence-electron chi connectivity index (χ0n) is 18.2. The number of benzene rings is 2. The van der Waals surface area contributed by atoms with Gasteiger partial charge in [0.15, 0.2) is 0 Å². The molecule has 0 spiro atoms. The molecule has 1 unspecified atom stereocenters. The first-order valence-electron chi connectivity index (χ1n) is 11.2. The van der Waals surface area contributed by atoms with Crippen LogP contribution >= 0.6 is 0 Å². The molecule has 2 aliphatic rings. The lowest BCUT2D eigenvalue weighted by Gasteiger charge is -2.21. The normalized spacial score (nSPS) is 22.4. The van der Waals surface area contributed by atoms with Gasteiger partial charge in [0, 0.05) is 32.6 Å². The van der Waals surface area contributed by atoms with Crippen LogP contribution in [0.1, 0.15) is 56.2 Å². The van der Waals surface area contributed by atoms with Gasteiger partial charge in [0.2, 0.25) is 5.91 Å². The lowest BCUT2D eigenvalue weighted by atomic mass is 9.91. The van der Waals surface area contributed by atoms with Crippen LogP contribution < -0.4 is 0 Å². The van der Waals surface area contributed by atoms with Crippen molar-refractivity contribution in [2.45, 2.75) is 58.4 Å². The van der Waals surface area contributed by atoms with Crippen molar-refractivity contribution >= 4 is 5.91 Å². The predicted octanol–water partition coefficient (Wildman–Crippen LogP) is 4.89. The first-order valence-corrected chi connectivity index (χ1v) is 11.2. The third kappa shape index (κ3) is 4.56. The topological polar surface area (TPSA) is 23.6 Å². The zero-order chi connectivity index (χ0) is 20.4. The summed E-state index contributed by atoms with van der Waals surface area (Å²) in [6.07, 6.45) is 4.78. The van der Waals surface area contributed by atoms with E-state index in [9.17, 15) is 4.79 Å². The predicted molar refractivity (Wildman–Crippen MR) is 120 cm³/mol. The van der Waals surface area contributed by atoms with Crippen molar-refractivity contribution in [3.05, 3.63) is 59.2 Å². The van der Waals surface area contributed by atoms with Gasteiger partial charge >= 0.3 is 0 Å². The number of carbonyl (C=O) groups is 1. The summed E-state index contributed by atoms with van der Waals surface area (Å²) in [5.74, 6) is 0.557. The van der Waals surface area contributed by atoms with E-state index in [-0.39, 0.29) is 5.91 Å². The van der Waals surface area contributed by atoms with Gasteiger partial charge in [0.05, 0.1) is 0 Å². The van der Waals surface area contributed by atoms with E-state index in [1.54, 1.807) is 6.92 Å². The van der Waals surface area contributed by atoms with E-state index in [1.807, 2.05) is 4.90 Å². The van der Waals surface area contributed by atoms with E-state index in [0.29, 0.717) is 5.92 Å². The number of nitrogens with zero attached hydrogens (tertiary/aromatic N) is 2. The molecule has 4 rings (SSSR count). The van der Waals surface area contributed by atoms with E-state index >= 15 is 0 Å². The molecular formula is C26H34N2O. The summed E-state index contributed by atoms with van der Waals surface area (Å²) >= 11 is 0. The Balaban J connectivity index is 1.46. The van der Waals surface area contributed by atoms with Crippen LogP contribution in [0.4, 0.5) is 0 Å². The van der Waals surface area contributed by atoms with E-state index < -0.39 is 0 Å². The Morgan fingerprint density at radius 1 is 1.03 bits per heavy atom. The van der Waals surface area contributed by atoms with E-state index in [1.165, 1.54) is 53.7 Å². The highest BCUT2D eigenvalue weighted by atomic mass is 16.2. The highest BCUT2D eigenvalue weighted by molar-refractivity contribution is 5.73. The molecule has 0 N–H and O–H groups in total. The minimum atomic E-state index is 0.184. The zero-order valence-corrected chi connectivity index (χ0v) is 18.2. The summed E-state index contributed by atoms with van der Waals surface area (Å²) in [5.41, 5.74) is 6.78. The summed E-state index contributed by atoms with van der Waals surface area (Å²) in [6.45, 7) is 10.4. The Morgan fingerprint density at radius 3 is 2.48 bits per heavy atom. The number of hydrogen-bond acceptors (Lipinski definition) is 2. The molecule has 1 fully saturated rings. The summed E-state index contributed by atoms with van der Waals surface area (Å²) in [4.78, 5) is 16.5. The van der Waals surface area contributed by atoms with Gasteiger partial charge < -0.3 is 9.80 Å². The minimum Gasteiger partial charge on any atom is -0.342 e. The van der Waals surface area contributed by atoms with Crippen LogP contribution in [0, 0.1) is 0 Å². The lowest BCUT2D eigenvalue weighted by Crippen LogP contribution is -2.32. The average Bonchev–Trinajstić information content (AvgIpc) is 3.06. The second kappa shape index (κ2) is 8.71. The van der Waals surface area contributed by atoms with Crippen molar-refractivity contribution in [3.8, 4) is 11.1 Å². The first-order chi connectivity index (χ1) is 14.0. The molecule has 29 heavy (non-hydrogen) atoms. The van der Waals surface area contributed by atoms with Crippen molar-refractivity contribution in [2.75, 3.05) is 26.2 Å². The standard InChI is InChI=1S/C26H34N2O/c1-19-18-28(21(3)29)16-13-24-10-11-25(17-26(19)24)23-8-6-22(7-9-23)12-15-27-14-4-5-20(27)2/h6-11,17,19-20H,4-5,12-16,18H2,1-3H3/t19-,20?/m0/s1. The number of hydrogen-bond donors (Lipinski definition) is 0. The van der Waals surface area contributed by atoms with Crippen molar-refractivity contribution < 1.29 is 4.79 Å². The molecule has 0 bridgehead atoms. The number of carbonyl (C=O) groups excluding carboxylic acids is 1. The molecular weight excluding hydrogens is 356 g/mol. The second-order valence-corrected chi connectivity index (χ2v) is 9.00. The fourth-order valence-electron chi connectivity index (χ4n) is 4.98. The van der Waals surface area contributed by atoms with Crippen LogP contribution in [0.15, 0.2) is 42.5 Å². The van der Waals surface area contributed by atoms with Crippen molar-refractivity contribution in [3.63, 3.8) is 0 Å². The maximum absolute atomic E-state index is 11.8. The third-order valence-corrected chi connectivity index (χ3v) is 6.93. The molecule has 2 atom stereocenters. The molecule has 0 aliphatic carbocycles. The van der Waals surface area contributed by atoms with Crippen LogP contribution in [0.2, 0.25) is 0 Å². The molecule has 0 radical (unpaired) electrons. The quantitative estimate of drug-likeness (QED) is 0.742. The Hall–Kier alpha value is -2.13. The smallest absolute Gasteiger partial charge is 0.219 e. The molecule has 2 aromatic carbocycles. The molecule has 0 aromatic heterocycles. The summed E-state index contributed by atoms with van der Waals surface area (Å²) in [7, 11) is 0. The van der Waals surface area contributed by atoms with Gasteiger partial charge in [0.1, 0.15) is 0 Å². The highest BCUT2D eigenvalue weighted by Crippen LogP contribution is 2.30. The fourth-order valence-corrected chi connectivity index (χ4v) is 4.98. The van der Waals surface area contributed by atoms with Crippen LogP contribution in [-0.2, 0) is 17.6 Å². The maximum atomic E-state index is 11.8. The number of amides is 1. The Morgan fingerprint density at radius 2 is 1.79 bits per heavy atom. The van der Waals surface area contributed by atoms with Crippen LogP contribution in [0.25, 0.3) is 11.1 Å². The van der Waals surface area contributed by atoms with Gasteiger partial charge in [-0.05, 0) is 72.9 Å². The number of likely N-dealkylation sites (tertiary alicyclic amines) is 1. The van der Waals surface area contributed by atoms with E-state index in [0.717, 1.165) is 32.0 Å². The van der Waals surface area contributed by atoms with Crippen molar-refractivity contribution in [2.24, 2.45) is 0 Å². The second-order valence-electron chi connectivity index (χ2n) is 9.00. The van der Waals surface area contributed by atoms with Crippen LogP contribution in [0.3, 0.4) is 0 Å². The monoisotopic (exact) mass is 390 g/mol. The minimum absolute atomic E-state index is 0.184. The van der Waals surface area contributed by atoms with Gasteiger partial charge in [-0.15, -0.1) is 0 Å². The molecule has 2 heterocycles. The Kier molecular flexibility index (Phi) is 6.05. The molecule has 1 amide bonds. The van der Waals surface area contributed by atoms with Gasteiger partial charge in [-0.25, -0.2) is 0 Å². The summed E-state index contributed by atoms with van der Waals surface area (Å²) < 4.78 is 0. The van der Waals surface area contributed by atoms with Gasteiger partial charge in [0.25, 0.3) is 0 Å². The molecule has 2 aromatic rings.